The molecule has 0 saturated heterocycles. The van der Waals surface area contributed by atoms with Gasteiger partial charge in [0.25, 0.3) is 0 Å². The lowest BCUT2D eigenvalue weighted by atomic mass is 10.1. The first-order valence-corrected chi connectivity index (χ1v) is 8.57. The summed E-state index contributed by atoms with van der Waals surface area (Å²) in [6.45, 7) is 3.57. The third-order valence-electron chi connectivity index (χ3n) is 4.34. The summed E-state index contributed by atoms with van der Waals surface area (Å²) in [6, 6.07) is 7.38. The Balaban J connectivity index is 2.05. The number of hydrogen-bond donors (Lipinski definition) is 2. The van der Waals surface area contributed by atoms with Crippen LogP contribution in [0.1, 0.15) is 44.2 Å². The fourth-order valence-electron chi connectivity index (χ4n) is 3.01. The molecule has 1 fully saturated rings. The van der Waals surface area contributed by atoms with Crippen LogP contribution in [0.15, 0.2) is 29.3 Å². The molecule has 2 rings (SSSR count). The third-order valence-corrected chi connectivity index (χ3v) is 4.34. The van der Waals surface area contributed by atoms with Crippen molar-refractivity contribution < 1.29 is 4.39 Å². The molecule has 0 bridgehead atoms. The van der Waals surface area contributed by atoms with E-state index in [0.717, 1.165) is 18.1 Å². The molecule has 5 heteroatoms. The summed E-state index contributed by atoms with van der Waals surface area (Å²) in [5.74, 6) is 0.680. The number of likely N-dealkylation sites (N-methyl/N-ethyl adjacent to an activating group) is 1. The van der Waals surface area contributed by atoms with E-state index < -0.39 is 0 Å². The van der Waals surface area contributed by atoms with E-state index in [0.29, 0.717) is 12.6 Å². The average Bonchev–Trinajstić information content (AvgIpc) is 3.02. The minimum Gasteiger partial charge on any atom is -0.357 e. The Hall–Kier alpha value is -1.62. The number of rotatable bonds is 6. The van der Waals surface area contributed by atoms with Crippen LogP contribution in [0, 0.1) is 5.82 Å². The van der Waals surface area contributed by atoms with Gasteiger partial charge in [-0.2, -0.15) is 0 Å². The Kier molecular flexibility index (Phi) is 6.84. The van der Waals surface area contributed by atoms with Crippen LogP contribution >= 0.6 is 0 Å². The summed E-state index contributed by atoms with van der Waals surface area (Å²) < 4.78 is 13.1. The average molecular weight is 320 g/mol. The quantitative estimate of drug-likeness (QED) is 0.625. The van der Waals surface area contributed by atoms with E-state index in [1.807, 2.05) is 26.2 Å². The van der Waals surface area contributed by atoms with Crippen molar-refractivity contribution in [2.24, 2.45) is 4.99 Å². The second-order valence-corrected chi connectivity index (χ2v) is 6.38. The minimum atomic E-state index is -0.203. The molecule has 1 unspecified atom stereocenters. The van der Waals surface area contributed by atoms with Gasteiger partial charge in [0.1, 0.15) is 5.82 Å². The fourth-order valence-corrected chi connectivity index (χ4v) is 3.01. The molecule has 1 aliphatic rings. The van der Waals surface area contributed by atoms with E-state index in [1.54, 1.807) is 0 Å². The summed E-state index contributed by atoms with van der Waals surface area (Å²) in [6.07, 6.45) is 5.04. The van der Waals surface area contributed by atoms with Crippen molar-refractivity contribution in [3.05, 3.63) is 35.6 Å². The number of halogens is 1. The van der Waals surface area contributed by atoms with Gasteiger partial charge in [0, 0.05) is 12.6 Å². The Bertz CT molecular complexity index is 492. The summed E-state index contributed by atoms with van der Waals surface area (Å²) in [5, 5.41) is 6.86. The van der Waals surface area contributed by atoms with Gasteiger partial charge in [0.2, 0.25) is 0 Å². The Morgan fingerprint density at radius 3 is 2.48 bits per heavy atom. The van der Waals surface area contributed by atoms with Crippen molar-refractivity contribution in [3.63, 3.8) is 0 Å². The molecular weight excluding hydrogens is 291 g/mol. The van der Waals surface area contributed by atoms with Crippen LogP contribution in [0.2, 0.25) is 0 Å². The van der Waals surface area contributed by atoms with Gasteiger partial charge in [0.05, 0.1) is 12.6 Å². The predicted octanol–water partition coefficient (Wildman–Crippen LogP) is 2.93. The molecule has 4 nitrogen and oxygen atoms in total. The van der Waals surface area contributed by atoms with Crippen molar-refractivity contribution >= 4 is 5.96 Å². The van der Waals surface area contributed by atoms with Gasteiger partial charge < -0.3 is 15.5 Å². The summed E-state index contributed by atoms with van der Waals surface area (Å²) in [5.41, 5.74) is 1.08. The van der Waals surface area contributed by atoms with Crippen LogP contribution < -0.4 is 10.6 Å². The van der Waals surface area contributed by atoms with Gasteiger partial charge in [-0.25, -0.2) is 4.39 Å². The maximum Gasteiger partial charge on any atom is 0.191 e. The molecule has 23 heavy (non-hydrogen) atoms. The van der Waals surface area contributed by atoms with Crippen LogP contribution in [-0.4, -0.2) is 44.1 Å². The number of nitrogens with zero attached hydrogens (tertiary/aromatic N) is 2. The highest BCUT2D eigenvalue weighted by molar-refractivity contribution is 5.80. The molecule has 0 aromatic heterocycles. The molecular formula is C18H29FN4. The largest absolute Gasteiger partial charge is 0.357 e. The fraction of sp³-hybridized carbons (Fsp3) is 0.611. The highest BCUT2D eigenvalue weighted by atomic mass is 19.1. The standard InChI is InChI=1S/C18H29FN4/c1-4-20-18(22-16-7-5-6-8-16)21-13-17(23(2)3)14-9-11-15(19)12-10-14/h9-12,16-17H,4-8,13H2,1-3H3,(H2,20,21,22). The lowest BCUT2D eigenvalue weighted by Gasteiger charge is -2.24. The lowest BCUT2D eigenvalue weighted by molar-refractivity contribution is 0.306. The number of aliphatic imine (C=N–C) groups is 1. The molecule has 1 aromatic carbocycles. The molecule has 1 aliphatic carbocycles. The monoisotopic (exact) mass is 320 g/mol. The van der Waals surface area contributed by atoms with E-state index >= 15 is 0 Å². The minimum absolute atomic E-state index is 0.134. The number of benzene rings is 1. The van der Waals surface area contributed by atoms with Crippen LogP contribution in [0.5, 0.6) is 0 Å². The number of hydrogen-bond acceptors (Lipinski definition) is 2. The zero-order chi connectivity index (χ0) is 16.7. The first-order chi connectivity index (χ1) is 11.1. The number of nitrogens with one attached hydrogen (secondary N) is 2. The van der Waals surface area contributed by atoms with Gasteiger partial charge >= 0.3 is 0 Å². The van der Waals surface area contributed by atoms with Crippen LogP contribution in [-0.2, 0) is 0 Å². The van der Waals surface area contributed by atoms with Crippen LogP contribution in [0.25, 0.3) is 0 Å². The normalized spacial score (nSPS) is 17.5. The van der Waals surface area contributed by atoms with Crippen molar-refractivity contribution in [2.75, 3.05) is 27.2 Å². The molecule has 0 aliphatic heterocycles. The van der Waals surface area contributed by atoms with Gasteiger partial charge in [0.15, 0.2) is 5.96 Å². The Morgan fingerprint density at radius 2 is 1.91 bits per heavy atom. The predicted molar refractivity (Wildman–Crippen MR) is 94.2 cm³/mol. The first-order valence-electron chi connectivity index (χ1n) is 8.57. The molecule has 1 aromatic rings. The van der Waals surface area contributed by atoms with E-state index in [2.05, 4.69) is 22.5 Å². The molecule has 0 amide bonds. The van der Waals surface area contributed by atoms with Gasteiger partial charge in [-0.05, 0) is 51.6 Å². The van der Waals surface area contributed by atoms with E-state index in [4.69, 9.17) is 4.99 Å². The van der Waals surface area contributed by atoms with Crippen LogP contribution in [0.3, 0.4) is 0 Å². The molecule has 0 spiro atoms. The highest BCUT2D eigenvalue weighted by Gasteiger charge is 2.17. The van der Waals surface area contributed by atoms with Gasteiger partial charge in [-0.1, -0.05) is 25.0 Å². The molecule has 1 saturated carbocycles. The van der Waals surface area contributed by atoms with Crippen molar-refractivity contribution in [1.29, 1.82) is 0 Å². The molecule has 0 heterocycles. The van der Waals surface area contributed by atoms with E-state index in [-0.39, 0.29) is 11.9 Å². The summed E-state index contributed by atoms with van der Waals surface area (Å²) >= 11 is 0. The van der Waals surface area contributed by atoms with Crippen molar-refractivity contribution in [2.45, 2.75) is 44.7 Å². The smallest absolute Gasteiger partial charge is 0.191 e. The van der Waals surface area contributed by atoms with Gasteiger partial charge in [-0.3, -0.25) is 4.99 Å². The summed E-state index contributed by atoms with van der Waals surface area (Å²) in [7, 11) is 4.06. The third kappa shape index (κ3) is 5.50. The van der Waals surface area contributed by atoms with Crippen LogP contribution in [0.4, 0.5) is 4.39 Å². The topological polar surface area (TPSA) is 39.7 Å². The maximum absolute atomic E-state index is 13.1. The summed E-state index contributed by atoms with van der Waals surface area (Å²) in [4.78, 5) is 6.88. The van der Waals surface area contributed by atoms with Gasteiger partial charge in [-0.15, -0.1) is 0 Å². The molecule has 128 valence electrons. The second-order valence-electron chi connectivity index (χ2n) is 6.38. The maximum atomic E-state index is 13.1. The zero-order valence-electron chi connectivity index (χ0n) is 14.5. The molecule has 0 radical (unpaired) electrons. The Labute approximate surface area is 139 Å². The Morgan fingerprint density at radius 1 is 1.26 bits per heavy atom. The highest BCUT2D eigenvalue weighted by Crippen LogP contribution is 2.20. The lowest BCUT2D eigenvalue weighted by Crippen LogP contribution is -2.42. The molecule has 2 N–H and O–H groups in total. The first kappa shape index (κ1) is 17.7. The van der Waals surface area contributed by atoms with E-state index in [9.17, 15) is 4.39 Å². The van der Waals surface area contributed by atoms with E-state index in [1.165, 1.54) is 37.8 Å². The SMILES string of the molecule is CCNC(=NCC(c1ccc(F)cc1)N(C)C)NC1CCCC1. The molecule has 1 atom stereocenters. The van der Waals surface area contributed by atoms with Crippen molar-refractivity contribution in [1.82, 2.24) is 15.5 Å². The number of guanidine groups is 1. The zero-order valence-corrected chi connectivity index (χ0v) is 14.5. The second kappa shape index (κ2) is 8.87. The van der Waals surface area contributed by atoms with Crippen molar-refractivity contribution in [3.8, 4) is 0 Å².